The van der Waals surface area contributed by atoms with Gasteiger partial charge in [-0.15, -0.1) is 0 Å². The van der Waals surface area contributed by atoms with E-state index in [0.717, 1.165) is 0 Å². The number of benzene rings is 1. The first-order chi connectivity index (χ1) is 9.00. The highest BCUT2D eigenvalue weighted by molar-refractivity contribution is 9.10. The van der Waals surface area contributed by atoms with Crippen LogP contribution in [0.25, 0.3) is 0 Å². The number of morpholine rings is 1. The van der Waals surface area contributed by atoms with Gasteiger partial charge in [0.1, 0.15) is 0 Å². The van der Waals surface area contributed by atoms with Crippen LogP contribution in [0.3, 0.4) is 0 Å². The first kappa shape index (κ1) is 14.0. The van der Waals surface area contributed by atoms with Gasteiger partial charge < -0.3 is 15.4 Å². The molecule has 0 unspecified atom stereocenters. The molecule has 1 aliphatic heterocycles. The van der Waals surface area contributed by atoms with Crippen molar-refractivity contribution in [3.63, 3.8) is 0 Å². The molecule has 19 heavy (non-hydrogen) atoms. The Morgan fingerprint density at radius 3 is 2.79 bits per heavy atom. The van der Waals surface area contributed by atoms with Crippen molar-refractivity contribution in [3.8, 4) is 0 Å². The van der Waals surface area contributed by atoms with Crippen LogP contribution in [0.15, 0.2) is 22.7 Å². The molecule has 2 N–H and O–H groups in total. The van der Waals surface area contributed by atoms with Gasteiger partial charge in [-0.2, -0.15) is 0 Å². The highest BCUT2D eigenvalue weighted by atomic mass is 79.9. The third-order valence-corrected chi connectivity index (χ3v) is 3.60. The molecule has 1 saturated heterocycles. The number of halogens is 1. The van der Waals surface area contributed by atoms with E-state index in [4.69, 9.17) is 10.5 Å². The van der Waals surface area contributed by atoms with Crippen molar-refractivity contribution in [2.45, 2.75) is 13.0 Å². The van der Waals surface area contributed by atoms with Crippen LogP contribution < -0.4 is 5.73 Å². The zero-order valence-electron chi connectivity index (χ0n) is 10.6. The van der Waals surface area contributed by atoms with Crippen molar-refractivity contribution in [2.75, 3.05) is 19.8 Å². The third kappa shape index (κ3) is 2.96. The number of nitrogens with zero attached hydrogens (tertiary/aromatic N) is 1. The zero-order valence-corrected chi connectivity index (χ0v) is 12.1. The lowest BCUT2D eigenvalue weighted by Crippen LogP contribution is -2.47. The van der Waals surface area contributed by atoms with Crippen molar-refractivity contribution in [1.82, 2.24) is 4.90 Å². The Morgan fingerprint density at radius 2 is 2.16 bits per heavy atom. The van der Waals surface area contributed by atoms with E-state index in [1.165, 1.54) is 0 Å². The molecule has 2 amide bonds. The van der Waals surface area contributed by atoms with E-state index < -0.39 is 5.91 Å². The van der Waals surface area contributed by atoms with Crippen LogP contribution >= 0.6 is 15.9 Å². The van der Waals surface area contributed by atoms with Gasteiger partial charge in [0, 0.05) is 11.0 Å². The predicted octanol–water partition coefficient (Wildman–Crippen LogP) is 1.41. The molecule has 1 aromatic rings. The summed E-state index contributed by atoms with van der Waals surface area (Å²) in [7, 11) is 0. The van der Waals surface area contributed by atoms with E-state index in [0.29, 0.717) is 29.8 Å². The summed E-state index contributed by atoms with van der Waals surface area (Å²) in [6.07, 6.45) is 0. The van der Waals surface area contributed by atoms with Crippen LogP contribution in [0.5, 0.6) is 0 Å². The summed E-state index contributed by atoms with van der Waals surface area (Å²) in [6.45, 7) is 3.46. The van der Waals surface area contributed by atoms with E-state index in [2.05, 4.69) is 15.9 Å². The Kier molecular flexibility index (Phi) is 4.21. The molecule has 0 bridgehead atoms. The molecule has 1 fully saturated rings. The fourth-order valence-electron chi connectivity index (χ4n) is 2.09. The normalized spacial score (nSPS) is 19.3. The number of hydrogen-bond acceptors (Lipinski definition) is 3. The molecule has 1 aromatic carbocycles. The Morgan fingerprint density at radius 1 is 1.42 bits per heavy atom. The van der Waals surface area contributed by atoms with Gasteiger partial charge in [0.2, 0.25) is 5.91 Å². The lowest BCUT2D eigenvalue weighted by Gasteiger charge is -2.33. The van der Waals surface area contributed by atoms with Crippen molar-refractivity contribution in [3.05, 3.63) is 33.8 Å². The Hall–Kier alpha value is -1.40. The quantitative estimate of drug-likeness (QED) is 0.893. The summed E-state index contributed by atoms with van der Waals surface area (Å²) in [4.78, 5) is 25.7. The second-order valence-corrected chi connectivity index (χ2v) is 5.39. The first-order valence-electron chi connectivity index (χ1n) is 5.98. The van der Waals surface area contributed by atoms with E-state index in [1.54, 1.807) is 23.1 Å². The summed E-state index contributed by atoms with van der Waals surface area (Å²) < 4.78 is 6.02. The number of nitrogens with two attached hydrogens (primary N) is 1. The van der Waals surface area contributed by atoms with E-state index in [1.807, 2.05) is 6.92 Å². The maximum atomic E-state index is 12.5. The van der Waals surface area contributed by atoms with Gasteiger partial charge in [0.05, 0.1) is 30.4 Å². The van der Waals surface area contributed by atoms with Crippen LogP contribution in [0.1, 0.15) is 27.6 Å². The van der Waals surface area contributed by atoms with Crippen molar-refractivity contribution < 1.29 is 14.3 Å². The molecule has 1 aliphatic rings. The van der Waals surface area contributed by atoms with E-state index in [9.17, 15) is 9.59 Å². The lowest BCUT2D eigenvalue weighted by atomic mass is 10.0. The number of hydrogen-bond donors (Lipinski definition) is 1. The maximum Gasteiger partial charge on any atom is 0.255 e. The van der Waals surface area contributed by atoms with Gasteiger partial charge in [0.15, 0.2) is 0 Å². The summed E-state index contributed by atoms with van der Waals surface area (Å²) in [5.41, 5.74) is 5.90. The number of ether oxygens (including phenoxy) is 1. The SMILES string of the molecule is C[C@@H]1COCCN1C(=O)c1ccc(Br)cc1C(N)=O. The minimum absolute atomic E-state index is 0.00868. The average Bonchev–Trinajstić information content (AvgIpc) is 2.38. The molecule has 0 aliphatic carbocycles. The van der Waals surface area contributed by atoms with Gasteiger partial charge in [-0.1, -0.05) is 15.9 Å². The van der Waals surface area contributed by atoms with Crippen molar-refractivity contribution >= 4 is 27.7 Å². The molecule has 5 nitrogen and oxygen atoms in total. The molecular formula is C13H15BrN2O3. The molecule has 102 valence electrons. The molecule has 6 heteroatoms. The monoisotopic (exact) mass is 326 g/mol. The summed E-state index contributed by atoms with van der Waals surface area (Å²) in [5.74, 6) is -0.789. The third-order valence-electron chi connectivity index (χ3n) is 3.11. The molecule has 0 spiro atoms. The number of primary amides is 1. The summed E-state index contributed by atoms with van der Waals surface area (Å²) >= 11 is 3.27. The van der Waals surface area contributed by atoms with Crippen LogP contribution in [-0.2, 0) is 4.74 Å². The average molecular weight is 327 g/mol. The highest BCUT2D eigenvalue weighted by Crippen LogP contribution is 2.20. The minimum atomic E-state index is -0.606. The standard InChI is InChI=1S/C13H15BrN2O3/c1-8-7-19-5-4-16(8)13(18)10-3-2-9(14)6-11(10)12(15)17/h2-3,6,8H,4-5,7H2,1H3,(H2,15,17)/t8-/m1/s1. The van der Waals surface area contributed by atoms with Crippen LogP contribution in [0, 0.1) is 0 Å². The lowest BCUT2D eigenvalue weighted by molar-refractivity contribution is 0.00353. The Balaban J connectivity index is 2.35. The van der Waals surface area contributed by atoms with Crippen LogP contribution in [0.4, 0.5) is 0 Å². The molecule has 0 saturated carbocycles. The van der Waals surface area contributed by atoms with Crippen molar-refractivity contribution in [1.29, 1.82) is 0 Å². The molecule has 1 heterocycles. The number of carbonyl (C=O) groups excluding carboxylic acids is 2. The molecule has 0 radical (unpaired) electrons. The topological polar surface area (TPSA) is 72.6 Å². The molecular weight excluding hydrogens is 312 g/mol. The first-order valence-corrected chi connectivity index (χ1v) is 6.78. The van der Waals surface area contributed by atoms with Gasteiger partial charge in [-0.3, -0.25) is 9.59 Å². The zero-order chi connectivity index (χ0) is 14.0. The second kappa shape index (κ2) is 5.71. The predicted molar refractivity (Wildman–Crippen MR) is 74.0 cm³/mol. The van der Waals surface area contributed by atoms with Gasteiger partial charge in [0.25, 0.3) is 5.91 Å². The highest BCUT2D eigenvalue weighted by Gasteiger charge is 2.27. The fraction of sp³-hybridized carbons (Fsp3) is 0.385. The number of carbonyl (C=O) groups is 2. The van der Waals surface area contributed by atoms with E-state index >= 15 is 0 Å². The molecule has 2 rings (SSSR count). The van der Waals surface area contributed by atoms with Gasteiger partial charge >= 0.3 is 0 Å². The number of amides is 2. The molecule has 1 atom stereocenters. The Labute approximate surface area is 119 Å². The second-order valence-electron chi connectivity index (χ2n) is 4.48. The Bertz CT molecular complexity index is 519. The van der Waals surface area contributed by atoms with Crippen molar-refractivity contribution in [2.24, 2.45) is 5.73 Å². The van der Waals surface area contributed by atoms with Gasteiger partial charge in [-0.05, 0) is 25.1 Å². The number of rotatable bonds is 2. The summed E-state index contributed by atoms with van der Waals surface area (Å²) in [6, 6.07) is 4.91. The summed E-state index contributed by atoms with van der Waals surface area (Å²) in [5, 5.41) is 0. The van der Waals surface area contributed by atoms with E-state index in [-0.39, 0.29) is 17.5 Å². The maximum absolute atomic E-state index is 12.5. The molecule has 0 aromatic heterocycles. The largest absolute Gasteiger partial charge is 0.377 e. The van der Waals surface area contributed by atoms with Crippen LogP contribution in [0.2, 0.25) is 0 Å². The smallest absolute Gasteiger partial charge is 0.255 e. The van der Waals surface area contributed by atoms with Crippen LogP contribution in [-0.4, -0.2) is 42.5 Å². The minimum Gasteiger partial charge on any atom is -0.377 e. The fourth-order valence-corrected chi connectivity index (χ4v) is 2.45. The van der Waals surface area contributed by atoms with Gasteiger partial charge in [-0.25, -0.2) is 0 Å².